The lowest BCUT2D eigenvalue weighted by molar-refractivity contribution is -0.139. The van der Waals surface area contributed by atoms with Gasteiger partial charge in [0.15, 0.2) is 0 Å². The Hall–Kier alpha value is -1.95. The first kappa shape index (κ1) is 15.0. The fraction of sp³-hybridized carbons (Fsp3) is 0.500. The Kier molecular flexibility index (Phi) is 4.11. The van der Waals surface area contributed by atoms with Gasteiger partial charge in [-0.25, -0.2) is 9.37 Å². The van der Waals surface area contributed by atoms with E-state index in [-0.39, 0.29) is 24.1 Å². The number of likely N-dealkylation sites (tertiary alicyclic amines) is 1. The second-order valence-corrected chi connectivity index (χ2v) is 6.22. The van der Waals surface area contributed by atoms with Crippen LogP contribution in [-0.2, 0) is 11.2 Å². The molecule has 1 aliphatic rings. The number of piperidine rings is 1. The molecule has 1 saturated heterocycles. The monoisotopic (exact) mass is 305 g/mol. The smallest absolute Gasteiger partial charge is 0.303 e. The van der Waals surface area contributed by atoms with Crippen molar-refractivity contribution in [1.82, 2.24) is 14.9 Å². The summed E-state index contributed by atoms with van der Waals surface area (Å²) in [6, 6.07) is 4.49. The molecule has 1 fully saturated rings. The molecule has 0 amide bonds. The molecule has 0 saturated carbocycles. The van der Waals surface area contributed by atoms with Gasteiger partial charge in [0.05, 0.1) is 11.0 Å². The minimum Gasteiger partial charge on any atom is -0.481 e. The number of carboxylic acid groups (broad SMARTS) is 1. The van der Waals surface area contributed by atoms with E-state index < -0.39 is 5.97 Å². The number of carboxylic acids is 1. The van der Waals surface area contributed by atoms with Gasteiger partial charge in [0, 0.05) is 19.4 Å². The molecule has 5 nitrogen and oxygen atoms in total. The average Bonchev–Trinajstić information content (AvgIpc) is 2.83. The molecular weight excluding hydrogens is 285 g/mol. The number of fused-ring (bicyclic) bond motifs is 1. The highest BCUT2D eigenvalue weighted by Gasteiger charge is 2.30. The first-order valence-electron chi connectivity index (χ1n) is 7.56. The van der Waals surface area contributed by atoms with Crippen molar-refractivity contribution in [2.45, 2.75) is 19.3 Å². The van der Waals surface area contributed by atoms with E-state index in [2.05, 4.69) is 21.9 Å². The van der Waals surface area contributed by atoms with Crippen molar-refractivity contribution in [1.29, 1.82) is 0 Å². The number of hydrogen-bond acceptors (Lipinski definition) is 3. The molecule has 0 aliphatic carbocycles. The van der Waals surface area contributed by atoms with Crippen LogP contribution in [0.3, 0.4) is 0 Å². The fourth-order valence-corrected chi connectivity index (χ4v) is 3.37. The standard InChI is InChI=1S/C16H20FN3O2/c1-20-5-4-10(7-16(21)22)11(9-20)6-15-18-13-3-2-12(17)8-14(13)19-15/h2-3,8,10-11H,4-7,9H2,1H3,(H,18,19)(H,21,22)/t10-,11-/m0/s1. The number of H-pyrrole nitrogens is 1. The summed E-state index contributed by atoms with van der Waals surface area (Å²) in [5.41, 5.74) is 1.43. The molecule has 118 valence electrons. The third-order valence-electron chi connectivity index (χ3n) is 4.48. The summed E-state index contributed by atoms with van der Waals surface area (Å²) in [5.74, 6) is 0.185. The van der Waals surface area contributed by atoms with Crippen LogP contribution in [0.25, 0.3) is 11.0 Å². The molecule has 6 heteroatoms. The van der Waals surface area contributed by atoms with Crippen LogP contribution >= 0.6 is 0 Å². The van der Waals surface area contributed by atoms with Crippen LogP contribution in [0.1, 0.15) is 18.7 Å². The van der Waals surface area contributed by atoms with Gasteiger partial charge >= 0.3 is 5.97 Å². The van der Waals surface area contributed by atoms with E-state index in [9.17, 15) is 9.18 Å². The van der Waals surface area contributed by atoms with Crippen LogP contribution < -0.4 is 0 Å². The van der Waals surface area contributed by atoms with E-state index in [1.54, 1.807) is 6.07 Å². The molecular formula is C16H20FN3O2. The van der Waals surface area contributed by atoms with Crippen molar-refractivity contribution in [2.75, 3.05) is 20.1 Å². The van der Waals surface area contributed by atoms with E-state index in [4.69, 9.17) is 5.11 Å². The van der Waals surface area contributed by atoms with Crippen molar-refractivity contribution >= 4 is 17.0 Å². The minimum absolute atomic E-state index is 0.165. The van der Waals surface area contributed by atoms with E-state index in [0.29, 0.717) is 11.9 Å². The number of benzene rings is 1. The first-order chi connectivity index (χ1) is 10.5. The van der Waals surface area contributed by atoms with Crippen LogP contribution in [0.5, 0.6) is 0 Å². The van der Waals surface area contributed by atoms with Crippen LogP contribution in [0.2, 0.25) is 0 Å². The molecule has 2 N–H and O–H groups in total. The Morgan fingerprint density at radius 1 is 1.50 bits per heavy atom. The zero-order valence-electron chi connectivity index (χ0n) is 12.6. The Labute approximate surface area is 128 Å². The van der Waals surface area contributed by atoms with Gasteiger partial charge in [0.1, 0.15) is 11.6 Å². The summed E-state index contributed by atoms with van der Waals surface area (Å²) in [7, 11) is 2.05. The van der Waals surface area contributed by atoms with Crippen LogP contribution in [0.4, 0.5) is 4.39 Å². The number of imidazole rings is 1. The quantitative estimate of drug-likeness (QED) is 0.909. The predicted molar refractivity (Wildman–Crippen MR) is 81.1 cm³/mol. The Morgan fingerprint density at radius 3 is 3.09 bits per heavy atom. The normalized spacial score (nSPS) is 23.0. The summed E-state index contributed by atoms with van der Waals surface area (Å²) < 4.78 is 13.2. The fourth-order valence-electron chi connectivity index (χ4n) is 3.37. The SMILES string of the molecule is CN1CC[C@@H](CC(=O)O)[C@@H](Cc2nc3ccc(F)cc3[nH]2)C1. The molecule has 1 aromatic heterocycles. The summed E-state index contributed by atoms with van der Waals surface area (Å²) in [6.07, 6.45) is 1.79. The lowest BCUT2D eigenvalue weighted by Gasteiger charge is -2.35. The zero-order chi connectivity index (χ0) is 15.7. The number of aromatic nitrogens is 2. The average molecular weight is 305 g/mol. The summed E-state index contributed by atoms with van der Waals surface area (Å²) in [6.45, 7) is 1.79. The number of hydrogen-bond donors (Lipinski definition) is 2. The van der Waals surface area contributed by atoms with E-state index in [0.717, 1.165) is 30.9 Å². The number of rotatable bonds is 4. The van der Waals surface area contributed by atoms with Crippen molar-refractivity contribution in [3.05, 3.63) is 29.8 Å². The number of aliphatic carboxylic acids is 1. The van der Waals surface area contributed by atoms with Gasteiger partial charge in [-0.3, -0.25) is 4.79 Å². The van der Waals surface area contributed by atoms with Gasteiger partial charge < -0.3 is 15.0 Å². The van der Waals surface area contributed by atoms with Crippen molar-refractivity contribution in [3.63, 3.8) is 0 Å². The second kappa shape index (κ2) is 6.04. The summed E-state index contributed by atoms with van der Waals surface area (Å²) in [5, 5.41) is 9.08. The summed E-state index contributed by atoms with van der Waals surface area (Å²) in [4.78, 5) is 20.9. The van der Waals surface area contributed by atoms with Crippen LogP contribution in [-0.4, -0.2) is 46.1 Å². The number of nitrogens with zero attached hydrogens (tertiary/aromatic N) is 2. The van der Waals surface area contributed by atoms with Gasteiger partial charge in [-0.1, -0.05) is 0 Å². The van der Waals surface area contributed by atoms with Gasteiger partial charge in [-0.15, -0.1) is 0 Å². The number of carbonyl (C=O) groups is 1. The maximum absolute atomic E-state index is 13.2. The molecule has 2 aromatic rings. The Morgan fingerprint density at radius 2 is 2.32 bits per heavy atom. The highest BCUT2D eigenvalue weighted by atomic mass is 19.1. The third-order valence-corrected chi connectivity index (χ3v) is 4.48. The van der Waals surface area contributed by atoms with E-state index >= 15 is 0 Å². The predicted octanol–water partition coefficient (Wildman–Crippen LogP) is 2.29. The molecule has 2 atom stereocenters. The lowest BCUT2D eigenvalue weighted by Crippen LogP contribution is -2.40. The molecule has 0 radical (unpaired) electrons. The number of aromatic amines is 1. The van der Waals surface area contributed by atoms with Gasteiger partial charge in [-0.2, -0.15) is 0 Å². The molecule has 0 bridgehead atoms. The topological polar surface area (TPSA) is 69.2 Å². The number of halogens is 1. The molecule has 0 spiro atoms. The van der Waals surface area contributed by atoms with E-state index in [1.165, 1.54) is 12.1 Å². The first-order valence-corrected chi connectivity index (χ1v) is 7.56. The molecule has 1 aromatic carbocycles. The van der Waals surface area contributed by atoms with Gasteiger partial charge in [-0.05, 0) is 50.0 Å². The maximum atomic E-state index is 13.2. The van der Waals surface area contributed by atoms with Crippen molar-refractivity contribution in [3.8, 4) is 0 Å². The van der Waals surface area contributed by atoms with Gasteiger partial charge in [0.2, 0.25) is 0 Å². The Balaban J connectivity index is 1.79. The largest absolute Gasteiger partial charge is 0.481 e. The highest BCUT2D eigenvalue weighted by molar-refractivity contribution is 5.74. The van der Waals surface area contributed by atoms with Gasteiger partial charge in [0.25, 0.3) is 0 Å². The van der Waals surface area contributed by atoms with E-state index in [1.807, 2.05) is 0 Å². The summed E-state index contributed by atoms with van der Waals surface area (Å²) >= 11 is 0. The molecule has 3 rings (SSSR count). The lowest BCUT2D eigenvalue weighted by atomic mass is 9.81. The van der Waals surface area contributed by atoms with Crippen molar-refractivity contribution in [2.24, 2.45) is 11.8 Å². The third kappa shape index (κ3) is 3.27. The molecule has 1 aliphatic heterocycles. The Bertz CT molecular complexity index is 685. The van der Waals surface area contributed by atoms with Crippen molar-refractivity contribution < 1.29 is 14.3 Å². The van der Waals surface area contributed by atoms with Crippen LogP contribution in [0.15, 0.2) is 18.2 Å². The minimum atomic E-state index is -0.744. The molecule has 0 unspecified atom stereocenters. The maximum Gasteiger partial charge on any atom is 0.303 e. The second-order valence-electron chi connectivity index (χ2n) is 6.22. The molecule has 2 heterocycles. The zero-order valence-corrected chi connectivity index (χ0v) is 12.6. The van der Waals surface area contributed by atoms with Crippen LogP contribution in [0, 0.1) is 17.7 Å². The number of nitrogens with one attached hydrogen (secondary N) is 1. The highest BCUT2D eigenvalue weighted by Crippen LogP contribution is 2.29. The molecule has 22 heavy (non-hydrogen) atoms.